The van der Waals surface area contributed by atoms with E-state index >= 15 is 0 Å². The number of nitrogens with zero attached hydrogens (tertiary/aromatic N) is 4. The lowest BCUT2D eigenvalue weighted by atomic mass is 10.0. The molecule has 3 heterocycles. The summed E-state index contributed by atoms with van der Waals surface area (Å²) in [5.74, 6) is 0.513. The minimum atomic E-state index is -4.71. The Morgan fingerprint density at radius 3 is 2.53 bits per heavy atom. The second kappa shape index (κ2) is 10.3. The number of anilines is 2. The number of hydrogen-bond donors (Lipinski definition) is 2. The zero-order chi connectivity index (χ0) is 26.9. The van der Waals surface area contributed by atoms with E-state index in [0.29, 0.717) is 22.6 Å². The van der Waals surface area contributed by atoms with Gasteiger partial charge in [-0.2, -0.15) is 23.0 Å². The maximum absolute atomic E-state index is 14.1. The van der Waals surface area contributed by atoms with Crippen molar-refractivity contribution < 1.29 is 22.7 Å². The molecule has 1 aliphatic heterocycles. The van der Waals surface area contributed by atoms with Gasteiger partial charge in [-0.3, -0.25) is 4.79 Å². The number of rotatable bonds is 7. The predicted molar refractivity (Wildman–Crippen MR) is 138 cm³/mol. The lowest BCUT2D eigenvalue weighted by Crippen LogP contribution is -2.28. The van der Waals surface area contributed by atoms with Crippen LogP contribution in [-0.2, 0) is 6.18 Å². The monoisotopic (exact) mass is 525 g/mol. The van der Waals surface area contributed by atoms with Gasteiger partial charge in [-0.25, -0.2) is 4.98 Å². The predicted octanol–water partition coefficient (Wildman–Crippen LogP) is 4.89. The van der Waals surface area contributed by atoms with E-state index in [1.54, 1.807) is 12.3 Å². The Kier molecular flexibility index (Phi) is 6.94. The normalized spacial score (nSPS) is 13.8. The molecule has 11 heteroatoms. The summed E-state index contributed by atoms with van der Waals surface area (Å²) < 4.78 is 48.6. The highest BCUT2D eigenvalue weighted by molar-refractivity contribution is 5.71. The highest BCUT2D eigenvalue weighted by Crippen LogP contribution is 2.36. The highest BCUT2D eigenvalue weighted by Gasteiger charge is 2.35. The molecule has 1 aliphatic rings. The van der Waals surface area contributed by atoms with Crippen LogP contribution in [0.3, 0.4) is 0 Å². The van der Waals surface area contributed by atoms with Crippen molar-refractivity contribution in [3.63, 3.8) is 0 Å². The van der Waals surface area contributed by atoms with Gasteiger partial charge in [0.2, 0.25) is 0 Å². The summed E-state index contributed by atoms with van der Waals surface area (Å²) in [4.78, 5) is 19.4. The van der Waals surface area contributed by atoms with Crippen molar-refractivity contribution >= 4 is 11.4 Å². The fraction of sp³-hybridized carbons (Fsp3) is 0.296. The number of hydrogen-bond acceptors (Lipinski definition) is 7. The summed E-state index contributed by atoms with van der Waals surface area (Å²) in [5, 5.41) is 16.6. The van der Waals surface area contributed by atoms with Crippen molar-refractivity contribution in [1.82, 2.24) is 14.8 Å². The van der Waals surface area contributed by atoms with Crippen LogP contribution in [0.1, 0.15) is 24.0 Å². The van der Waals surface area contributed by atoms with E-state index in [1.165, 1.54) is 24.6 Å². The smallest absolute Gasteiger partial charge is 0.418 e. The van der Waals surface area contributed by atoms with E-state index in [2.05, 4.69) is 15.4 Å². The topological polar surface area (TPSA) is 96.4 Å². The first-order chi connectivity index (χ1) is 18.2. The van der Waals surface area contributed by atoms with Crippen molar-refractivity contribution in [2.45, 2.75) is 25.9 Å². The molecular formula is C27H26F3N5O3. The average Bonchev–Trinajstić information content (AvgIpc) is 3.62. The number of aliphatic hydroxyl groups is 1. The molecule has 0 aliphatic carbocycles. The minimum Gasteiger partial charge on any atom is -0.444 e. The lowest BCUT2D eigenvalue weighted by molar-refractivity contribution is -0.137. The number of alkyl halides is 3. The van der Waals surface area contributed by atoms with Gasteiger partial charge in [0.05, 0.1) is 29.7 Å². The van der Waals surface area contributed by atoms with E-state index in [-0.39, 0.29) is 30.2 Å². The van der Waals surface area contributed by atoms with Gasteiger partial charge >= 0.3 is 6.18 Å². The Morgan fingerprint density at radius 1 is 1.08 bits per heavy atom. The minimum absolute atomic E-state index is 0.0199. The summed E-state index contributed by atoms with van der Waals surface area (Å²) >= 11 is 0. The van der Waals surface area contributed by atoms with Gasteiger partial charge in [0.25, 0.3) is 5.56 Å². The molecule has 198 valence electrons. The third-order valence-corrected chi connectivity index (χ3v) is 6.41. The zero-order valence-corrected chi connectivity index (χ0v) is 20.6. The van der Waals surface area contributed by atoms with Gasteiger partial charge in [0.1, 0.15) is 5.69 Å². The summed E-state index contributed by atoms with van der Waals surface area (Å²) in [5.41, 5.74) is 0.934. The lowest BCUT2D eigenvalue weighted by Gasteiger charge is -2.22. The maximum Gasteiger partial charge on any atom is 0.418 e. The summed E-state index contributed by atoms with van der Waals surface area (Å²) in [7, 11) is 0. The van der Waals surface area contributed by atoms with Crippen LogP contribution in [0, 0.1) is 6.92 Å². The molecule has 1 fully saturated rings. The standard InChI is InChI=1S/C27H26F3N5O3/c1-17-10-18(12-19(11-17)25-15-31-16-38-25)22-14-23(32-6-9-36)26(37)35(33-22)24-13-20(34-7-2-3-8-34)4-5-21(24)27(28,29)30/h4-5,10-16,32,36H,2-3,6-9H2,1H3. The molecule has 2 aromatic heterocycles. The molecule has 8 nitrogen and oxygen atoms in total. The molecule has 0 unspecified atom stereocenters. The largest absolute Gasteiger partial charge is 0.444 e. The quantitative estimate of drug-likeness (QED) is 0.355. The summed E-state index contributed by atoms with van der Waals surface area (Å²) in [6, 6.07) is 10.8. The van der Waals surface area contributed by atoms with Gasteiger partial charge < -0.3 is 19.7 Å². The number of aromatic nitrogens is 3. The van der Waals surface area contributed by atoms with Gasteiger partial charge in [0, 0.05) is 36.4 Å². The number of nitrogens with one attached hydrogen (secondary N) is 1. The van der Waals surface area contributed by atoms with Crippen molar-refractivity contribution in [2.24, 2.45) is 0 Å². The summed E-state index contributed by atoms with van der Waals surface area (Å²) in [6.45, 7) is 3.09. The molecule has 0 bridgehead atoms. The molecule has 0 spiro atoms. The molecule has 2 aromatic carbocycles. The number of aliphatic hydroxyl groups excluding tert-OH is 1. The summed E-state index contributed by atoms with van der Waals surface area (Å²) in [6.07, 6.45) is 0.0388. The van der Waals surface area contributed by atoms with Crippen LogP contribution in [-0.4, -0.2) is 46.1 Å². The fourth-order valence-corrected chi connectivity index (χ4v) is 4.65. The molecular weight excluding hydrogens is 499 g/mol. The molecule has 5 rings (SSSR count). The number of aryl methyl sites for hydroxylation is 1. The molecule has 1 saturated heterocycles. The Labute approximate surface area is 216 Å². The Balaban J connectivity index is 1.73. The highest BCUT2D eigenvalue weighted by atomic mass is 19.4. The van der Waals surface area contributed by atoms with Crippen molar-refractivity contribution in [3.05, 3.63) is 76.5 Å². The Hall–Kier alpha value is -4.12. The van der Waals surface area contributed by atoms with E-state index in [0.717, 1.165) is 42.2 Å². The molecule has 0 atom stereocenters. The van der Waals surface area contributed by atoms with Crippen LogP contribution in [0.4, 0.5) is 24.5 Å². The van der Waals surface area contributed by atoms with Gasteiger partial charge in [-0.15, -0.1) is 0 Å². The van der Waals surface area contributed by atoms with Gasteiger partial charge in [0.15, 0.2) is 12.2 Å². The third-order valence-electron chi connectivity index (χ3n) is 6.41. The molecule has 0 radical (unpaired) electrons. The van der Waals surface area contributed by atoms with Crippen LogP contribution >= 0.6 is 0 Å². The number of halogens is 3. The third kappa shape index (κ3) is 5.14. The van der Waals surface area contributed by atoms with E-state index in [1.807, 2.05) is 24.0 Å². The molecule has 0 saturated carbocycles. The molecule has 4 aromatic rings. The average molecular weight is 526 g/mol. The van der Waals surface area contributed by atoms with Crippen LogP contribution in [0.25, 0.3) is 28.3 Å². The number of oxazole rings is 1. The Morgan fingerprint density at radius 2 is 1.84 bits per heavy atom. The fourth-order valence-electron chi connectivity index (χ4n) is 4.65. The van der Waals surface area contributed by atoms with Crippen LogP contribution in [0.15, 0.2) is 64.3 Å². The molecule has 0 amide bonds. The Bertz CT molecular complexity index is 1490. The SMILES string of the molecule is Cc1cc(-c2cc(NCCO)c(=O)n(-c3cc(N4CCCC4)ccc3C(F)(F)F)n2)cc(-c2cnco2)c1. The molecule has 38 heavy (non-hydrogen) atoms. The van der Waals surface area contributed by atoms with Crippen LogP contribution in [0.5, 0.6) is 0 Å². The van der Waals surface area contributed by atoms with Crippen molar-refractivity contribution in [3.8, 4) is 28.3 Å². The van der Waals surface area contributed by atoms with Crippen molar-refractivity contribution in [1.29, 1.82) is 0 Å². The van der Waals surface area contributed by atoms with Crippen LogP contribution < -0.4 is 15.8 Å². The molecule has 2 N–H and O–H groups in total. The second-order valence-corrected chi connectivity index (χ2v) is 9.16. The first kappa shape index (κ1) is 25.5. The zero-order valence-electron chi connectivity index (χ0n) is 20.6. The first-order valence-corrected chi connectivity index (χ1v) is 12.2. The maximum atomic E-state index is 14.1. The van der Waals surface area contributed by atoms with E-state index < -0.39 is 17.3 Å². The first-order valence-electron chi connectivity index (χ1n) is 12.2. The van der Waals surface area contributed by atoms with Crippen LogP contribution in [0.2, 0.25) is 0 Å². The van der Waals surface area contributed by atoms with Crippen molar-refractivity contribution in [2.75, 3.05) is 36.5 Å². The number of benzene rings is 2. The second-order valence-electron chi connectivity index (χ2n) is 9.16. The van der Waals surface area contributed by atoms with Gasteiger partial charge in [-0.1, -0.05) is 0 Å². The van der Waals surface area contributed by atoms with E-state index in [4.69, 9.17) is 4.42 Å². The van der Waals surface area contributed by atoms with E-state index in [9.17, 15) is 23.1 Å². The van der Waals surface area contributed by atoms with Gasteiger partial charge in [-0.05, 0) is 67.8 Å².